The van der Waals surface area contributed by atoms with Gasteiger partial charge in [-0.2, -0.15) is 0 Å². The van der Waals surface area contributed by atoms with E-state index in [9.17, 15) is 9.59 Å². The number of hydrogen-bond acceptors (Lipinski definition) is 4. The van der Waals surface area contributed by atoms with E-state index >= 15 is 0 Å². The van der Waals surface area contributed by atoms with Crippen molar-refractivity contribution in [2.45, 2.75) is 78.2 Å². The Bertz CT molecular complexity index is 437. The first-order valence-corrected chi connectivity index (χ1v) is 8.14. The Balaban J connectivity index is 4.42. The molecule has 0 aromatic heterocycles. The van der Waals surface area contributed by atoms with E-state index in [0.29, 0.717) is 11.3 Å². The highest BCUT2D eigenvalue weighted by atomic mass is 16.5. The summed E-state index contributed by atoms with van der Waals surface area (Å²) >= 11 is 0. The molecular weight excluding hydrogens is 280 g/mol. The molecule has 5 heteroatoms. The number of Topliss-reactive ketones (excluding diaryl/α,β-unsaturated/α-hetero) is 1. The number of esters is 1. The zero-order valence-corrected chi connectivity index (χ0v) is 14.1. The summed E-state index contributed by atoms with van der Waals surface area (Å²) in [6.45, 7) is 2.24. The Hall–Kier alpha value is -1.39. The standard InChI is InChI=1S/C17H32N2O3/c1-5-6-7-8-9-10-11-15(20)12-16(18)19(4)13-17(21)22-14(2)3/h14,18H,5-13H2,1-4H3/i4D3. The minimum atomic E-state index is -2.66. The Morgan fingerprint density at radius 1 is 1.18 bits per heavy atom. The molecule has 0 unspecified atom stereocenters. The lowest BCUT2D eigenvalue weighted by atomic mass is 10.1. The largest absolute Gasteiger partial charge is 0.462 e. The van der Waals surface area contributed by atoms with Gasteiger partial charge in [-0.3, -0.25) is 15.0 Å². The van der Waals surface area contributed by atoms with Gasteiger partial charge in [-0.25, -0.2) is 0 Å². The molecule has 1 N–H and O–H groups in total. The van der Waals surface area contributed by atoms with Crippen molar-refractivity contribution >= 4 is 17.6 Å². The van der Waals surface area contributed by atoms with E-state index < -0.39 is 19.5 Å². The maximum absolute atomic E-state index is 12.0. The third kappa shape index (κ3) is 11.3. The molecule has 0 bridgehead atoms. The fourth-order valence-electron chi connectivity index (χ4n) is 2.00. The zero-order chi connectivity index (χ0) is 19.5. The molecule has 0 aromatic rings. The van der Waals surface area contributed by atoms with Crippen molar-refractivity contribution in [1.29, 1.82) is 5.41 Å². The van der Waals surface area contributed by atoms with E-state index in [1.807, 2.05) is 0 Å². The molecule has 0 atom stereocenters. The molecule has 0 radical (unpaired) electrons. The predicted octanol–water partition coefficient (Wildman–Crippen LogP) is 3.56. The molecule has 0 aliphatic rings. The average Bonchev–Trinajstić information content (AvgIpc) is 2.46. The highest BCUT2D eigenvalue weighted by Crippen LogP contribution is 2.08. The van der Waals surface area contributed by atoms with Gasteiger partial charge in [-0.05, 0) is 20.3 Å². The summed E-state index contributed by atoms with van der Waals surface area (Å²) in [6.07, 6.45) is 6.00. The third-order valence-corrected chi connectivity index (χ3v) is 3.15. The van der Waals surface area contributed by atoms with Gasteiger partial charge in [0.25, 0.3) is 0 Å². The molecule has 0 heterocycles. The summed E-state index contributed by atoms with van der Waals surface area (Å²) in [4.78, 5) is 24.3. The number of ketones is 1. The van der Waals surface area contributed by atoms with E-state index in [1.165, 1.54) is 12.8 Å². The van der Waals surface area contributed by atoms with Crippen LogP contribution in [-0.4, -0.2) is 42.1 Å². The van der Waals surface area contributed by atoms with Crippen LogP contribution in [0, 0.1) is 5.41 Å². The topological polar surface area (TPSA) is 70.5 Å². The van der Waals surface area contributed by atoms with Crippen LogP contribution in [0.4, 0.5) is 0 Å². The minimum absolute atomic E-state index is 0.174. The second-order valence-electron chi connectivity index (χ2n) is 5.80. The lowest BCUT2D eigenvalue weighted by Crippen LogP contribution is -2.34. The molecule has 0 aliphatic carbocycles. The van der Waals surface area contributed by atoms with Crippen LogP contribution in [0.2, 0.25) is 0 Å². The van der Waals surface area contributed by atoms with Crippen molar-refractivity contribution in [2.24, 2.45) is 0 Å². The number of hydrogen-bond donors (Lipinski definition) is 1. The first-order chi connectivity index (χ1) is 11.6. The third-order valence-electron chi connectivity index (χ3n) is 3.15. The molecule has 22 heavy (non-hydrogen) atoms. The lowest BCUT2D eigenvalue weighted by Gasteiger charge is -2.19. The van der Waals surface area contributed by atoms with Crippen LogP contribution in [0.1, 0.15) is 76.3 Å². The van der Waals surface area contributed by atoms with Gasteiger partial charge in [-0.15, -0.1) is 0 Å². The van der Waals surface area contributed by atoms with Crippen molar-refractivity contribution in [1.82, 2.24) is 4.90 Å². The number of nitrogens with one attached hydrogen (secondary N) is 1. The normalized spacial score (nSPS) is 13.2. The molecule has 128 valence electrons. The number of amidine groups is 1. The SMILES string of the molecule is [2H]C([2H])([2H])N(CC(=O)OC(C)C)C(=N)CC(=O)CCCCCCCC. The molecule has 0 aliphatic heterocycles. The van der Waals surface area contributed by atoms with Gasteiger partial charge in [0.2, 0.25) is 0 Å². The molecule has 0 saturated heterocycles. The van der Waals surface area contributed by atoms with Gasteiger partial charge < -0.3 is 9.64 Å². The van der Waals surface area contributed by atoms with Crippen LogP contribution < -0.4 is 0 Å². The molecule has 0 saturated carbocycles. The summed E-state index contributed by atoms with van der Waals surface area (Å²) in [7, 11) is 0. The second-order valence-corrected chi connectivity index (χ2v) is 5.80. The van der Waals surface area contributed by atoms with Crippen molar-refractivity contribution in [3.8, 4) is 0 Å². The van der Waals surface area contributed by atoms with Crippen molar-refractivity contribution < 1.29 is 18.4 Å². The van der Waals surface area contributed by atoms with Crippen LogP contribution in [0.5, 0.6) is 0 Å². The summed E-state index contributed by atoms with van der Waals surface area (Å²) in [5.41, 5.74) is 0. The maximum Gasteiger partial charge on any atom is 0.325 e. The van der Waals surface area contributed by atoms with Crippen LogP contribution in [-0.2, 0) is 14.3 Å². The van der Waals surface area contributed by atoms with Crippen molar-refractivity contribution in [3.63, 3.8) is 0 Å². The van der Waals surface area contributed by atoms with E-state index in [1.54, 1.807) is 13.8 Å². The summed E-state index contributed by atoms with van der Waals surface area (Å²) in [5.74, 6) is -1.26. The molecule has 0 amide bonds. The number of carbonyl (C=O) groups excluding carboxylic acids is 2. The first kappa shape index (κ1) is 15.5. The number of rotatable bonds is 12. The van der Waals surface area contributed by atoms with Gasteiger partial charge in [0.1, 0.15) is 18.2 Å². The van der Waals surface area contributed by atoms with E-state index in [2.05, 4.69) is 6.92 Å². The lowest BCUT2D eigenvalue weighted by molar-refractivity contribution is -0.147. The summed E-state index contributed by atoms with van der Waals surface area (Å²) in [6, 6.07) is 0. The number of likely N-dealkylation sites (N-methyl/N-ethyl adjacent to an activating group) is 1. The quantitative estimate of drug-likeness (QED) is 0.259. The van der Waals surface area contributed by atoms with Gasteiger partial charge in [-0.1, -0.05) is 39.0 Å². The van der Waals surface area contributed by atoms with Crippen LogP contribution >= 0.6 is 0 Å². The van der Waals surface area contributed by atoms with Crippen molar-refractivity contribution in [2.75, 3.05) is 13.5 Å². The molecule has 5 nitrogen and oxygen atoms in total. The van der Waals surface area contributed by atoms with Crippen LogP contribution in [0.15, 0.2) is 0 Å². The molecule has 0 rings (SSSR count). The minimum Gasteiger partial charge on any atom is -0.462 e. The average molecular weight is 315 g/mol. The van der Waals surface area contributed by atoms with Crippen LogP contribution in [0.3, 0.4) is 0 Å². The number of unbranched alkanes of at least 4 members (excludes halogenated alkanes) is 5. The Kier molecular flexibility index (Phi) is 8.59. The first-order valence-electron chi connectivity index (χ1n) is 9.64. The highest BCUT2D eigenvalue weighted by Gasteiger charge is 2.14. The number of nitrogens with zero attached hydrogens (tertiary/aromatic N) is 1. The summed E-state index contributed by atoms with van der Waals surface area (Å²) in [5, 5.41) is 7.92. The van der Waals surface area contributed by atoms with E-state index in [4.69, 9.17) is 14.3 Å². The summed E-state index contributed by atoms with van der Waals surface area (Å²) < 4.78 is 27.3. The fraction of sp³-hybridized carbons (Fsp3) is 0.824. The number of ether oxygens (including phenoxy) is 1. The van der Waals surface area contributed by atoms with Crippen LogP contribution in [0.25, 0.3) is 0 Å². The van der Waals surface area contributed by atoms with Gasteiger partial charge in [0.15, 0.2) is 0 Å². The van der Waals surface area contributed by atoms with E-state index in [0.717, 1.165) is 25.7 Å². The highest BCUT2D eigenvalue weighted by molar-refractivity contribution is 6.00. The predicted molar refractivity (Wildman–Crippen MR) is 89.2 cm³/mol. The van der Waals surface area contributed by atoms with Crippen molar-refractivity contribution in [3.05, 3.63) is 0 Å². The smallest absolute Gasteiger partial charge is 0.325 e. The van der Waals surface area contributed by atoms with Gasteiger partial charge >= 0.3 is 5.97 Å². The van der Waals surface area contributed by atoms with Gasteiger partial charge in [0, 0.05) is 17.5 Å². The monoisotopic (exact) mass is 315 g/mol. The molecule has 0 spiro atoms. The molecular formula is C17H32N2O3. The Morgan fingerprint density at radius 2 is 1.82 bits per heavy atom. The molecule has 0 fully saturated rings. The maximum atomic E-state index is 12.0. The van der Waals surface area contributed by atoms with Gasteiger partial charge in [0.05, 0.1) is 12.5 Å². The fourth-order valence-corrected chi connectivity index (χ4v) is 2.00. The number of carbonyl (C=O) groups is 2. The second kappa shape index (κ2) is 12.2. The van der Waals surface area contributed by atoms with E-state index in [-0.39, 0.29) is 24.1 Å². The zero-order valence-electron chi connectivity index (χ0n) is 17.1. The Morgan fingerprint density at radius 3 is 2.41 bits per heavy atom. The molecule has 0 aromatic carbocycles. The Labute approximate surface area is 139 Å².